The minimum atomic E-state index is 0.516. The number of likely N-dealkylation sites (N-methyl/N-ethyl adjacent to an activating group) is 1. The zero-order valence-corrected chi connectivity index (χ0v) is 10.9. The van der Waals surface area contributed by atoms with Crippen LogP contribution in [-0.2, 0) is 17.9 Å². The summed E-state index contributed by atoms with van der Waals surface area (Å²) in [7, 11) is 0. The Labute approximate surface area is 104 Å². The molecule has 0 unspecified atom stereocenters. The predicted molar refractivity (Wildman–Crippen MR) is 69.6 cm³/mol. The van der Waals surface area contributed by atoms with Crippen LogP contribution in [0.4, 0.5) is 0 Å². The molecule has 17 heavy (non-hydrogen) atoms. The molecule has 0 fully saturated rings. The number of nitrogens with zero attached hydrogens (tertiary/aromatic N) is 2. The summed E-state index contributed by atoms with van der Waals surface area (Å²) in [5, 5.41) is 0. The van der Waals surface area contributed by atoms with E-state index in [0.717, 1.165) is 37.5 Å². The Morgan fingerprint density at radius 3 is 2.76 bits per heavy atom. The molecule has 0 amide bonds. The first-order chi connectivity index (χ1) is 8.31. The molecule has 0 bridgehead atoms. The van der Waals surface area contributed by atoms with Crippen molar-refractivity contribution in [3.05, 3.63) is 29.6 Å². The lowest BCUT2D eigenvalue weighted by atomic mass is 10.2. The first-order valence-electron chi connectivity index (χ1n) is 6.24. The third-order valence-electron chi connectivity index (χ3n) is 2.89. The lowest BCUT2D eigenvalue weighted by molar-refractivity contribution is 0.0931. The number of hydrogen-bond acceptors (Lipinski definition) is 4. The highest BCUT2D eigenvalue weighted by atomic mass is 16.5. The summed E-state index contributed by atoms with van der Waals surface area (Å²) in [5.41, 5.74) is 7.66. The maximum atomic E-state index is 5.64. The van der Waals surface area contributed by atoms with E-state index in [1.807, 2.05) is 12.1 Å². The second kappa shape index (κ2) is 8.17. The molecule has 1 aromatic rings. The van der Waals surface area contributed by atoms with Gasteiger partial charge in [0.15, 0.2) is 0 Å². The summed E-state index contributed by atoms with van der Waals surface area (Å²) in [4.78, 5) is 6.62. The third kappa shape index (κ3) is 4.81. The molecule has 0 saturated carbocycles. The molecule has 0 aliphatic rings. The maximum absolute atomic E-state index is 5.64. The quantitative estimate of drug-likeness (QED) is 0.694. The molecule has 1 aromatic heterocycles. The van der Waals surface area contributed by atoms with E-state index < -0.39 is 0 Å². The van der Waals surface area contributed by atoms with Gasteiger partial charge in [-0.2, -0.15) is 0 Å². The highest BCUT2D eigenvalue weighted by Crippen LogP contribution is 2.05. The summed E-state index contributed by atoms with van der Waals surface area (Å²) in [6.45, 7) is 9.23. The molecule has 0 aromatic carbocycles. The van der Waals surface area contributed by atoms with Crippen LogP contribution in [0.1, 0.15) is 25.1 Å². The fourth-order valence-corrected chi connectivity index (χ4v) is 1.69. The van der Waals surface area contributed by atoms with E-state index in [-0.39, 0.29) is 0 Å². The Kier molecular flexibility index (Phi) is 6.77. The Morgan fingerprint density at radius 1 is 1.35 bits per heavy atom. The summed E-state index contributed by atoms with van der Waals surface area (Å²) < 4.78 is 5.64. The van der Waals surface area contributed by atoms with Gasteiger partial charge in [-0.05, 0) is 24.7 Å². The zero-order chi connectivity index (χ0) is 12.5. The van der Waals surface area contributed by atoms with Crippen LogP contribution in [0, 0.1) is 0 Å². The molecule has 0 saturated heterocycles. The second-order valence-electron chi connectivity index (χ2n) is 3.89. The van der Waals surface area contributed by atoms with Crippen LogP contribution in [0.15, 0.2) is 18.3 Å². The largest absolute Gasteiger partial charge is 0.374 e. The topological polar surface area (TPSA) is 51.4 Å². The van der Waals surface area contributed by atoms with Gasteiger partial charge < -0.3 is 15.4 Å². The summed E-state index contributed by atoms with van der Waals surface area (Å²) in [6.07, 6.45) is 1.78. The minimum absolute atomic E-state index is 0.516. The van der Waals surface area contributed by atoms with Gasteiger partial charge in [-0.25, -0.2) is 0 Å². The number of pyridine rings is 1. The Balaban J connectivity index is 2.30. The molecule has 0 atom stereocenters. The van der Waals surface area contributed by atoms with E-state index in [4.69, 9.17) is 10.5 Å². The molecule has 4 nitrogen and oxygen atoms in total. The number of hydrogen-bond donors (Lipinski definition) is 1. The Hall–Kier alpha value is -0.970. The molecule has 4 heteroatoms. The molecule has 0 radical (unpaired) electrons. The Bertz CT molecular complexity index is 313. The Morgan fingerprint density at radius 2 is 2.12 bits per heavy atom. The van der Waals surface area contributed by atoms with Gasteiger partial charge in [-0.3, -0.25) is 4.98 Å². The summed E-state index contributed by atoms with van der Waals surface area (Å²) in [5.74, 6) is 0. The normalized spacial score (nSPS) is 11.1. The fourth-order valence-electron chi connectivity index (χ4n) is 1.69. The van der Waals surface area contributed by atoms with Crippen LogP contribution < -0.4 is 5.73 Å². The van der Waals surface area contributed by atoms with Crippen LogP contribution in [0.25, 0.3) is 0 Å². The van der Waals surface area contributed by atoms with E-state index in [1.165, 1.54) is 0 Å². The van der Waals surface area contributed by atoms with E-state index in [0.29, 0.717) is 13.2 Å². The molecule has 2 N–H and O–H groups in total. The van der Waals surface area contributed by atoms with Gasteiger partial charge in [0, 0.05) is 19.3 Å². The number of aromatic nitrogens is 1. The molecular formula is C13H23N3O. The van der Waals surface area contributed by atoms with Crippen molar-refractivity contribution >= 4 is 0 Å². The van der Waals surface area contributed by atoms with Gasteiger partial charge in [0.2, 0.25) is 0 Å². The van der Waals surface area contributed by atoms with Crippen LogP contribution in [-0.4, -0.2) is 36.1 Å². The first-order valence-corrected chi connectivity index (χ1v) is 6.24. The maximum Gasteiger partial charge on any atom is 0.0891 e. The van der Waals surface area contributed by atoms with Gasteiger partial charge in [0.05, 0.1) is 18.9 Å². The monoisotopic (exact) mass is 237 g/mol. The van der Waals surface area contributed by atoms with Crippen molar-refractivity contribution in [3.8, 4) is 0 Å². The highest BCUT2D eigenvalue weighted by Gasteiger charge is 2.02. The SMILES string of the molecule is CCN(CC)CCOCc1ncccc1CN. The van der Waals surface area contributed by atoms with E-state index in [9.17, 15) is 0 Å². The summed E-state index contributed by atoms with van der Waals surface area (Å²) in [6, 6.07) is 3.90. The fraction of sp³-hybridized carbons (Fsp3) is 0.615. The van der Waals surface area contributed by atoms with Crippen molar-refractivity contribution in [1.82, 2.24) is 9.88 Å². The van der Waals surface area contributed by atoms with E-state index in [1.54, 1.807) is 6.20 Å². The van der Waals surface area contributed by atoms with Gasteiger partial charge in [0.1, 0.15) is 0 Å². The second-order valence-corrected chi connectivity index (χ2v) is 3.89. The van der Waals surface area contributed by atoms with Crippen LogP contribution in [0.3, 0.4) is 0 Å². The number of rotatable bonds is 8. The predicted octanol–water partition coefficient (Wildman–Crippen LogP) is 1.40. The zero-order valence-electron chi connectivity index (χ0n) is 10.9. The van der Waals surface area contributed by atoms with Crippen molar-refractivity contribution < 1.29 is 4.74 Å². The van der Waals surface area contributed by atoms with Crippen molar-refractivity contribution in [2.45, 2.75) is 27.0 Å². The molecule has 1 heterocycles. The minimum Gasteiger partial charge on any atom is -0.374 e. The van der Waals surface area contributed by atoms with Gasteiger partial charge in [-0.15, -0.1) is 0 Å². The lowest BCUT2D eigenvalue weighted by Gasteiger charge is -2.17. The van der Waals surface area contributed by atoms with Crippen molar-refractivity contribution in [3.63, 3.8) is 0 Å². The lowest BCUT2D eigenvalue weighted by Crippen LogP contribution is -2.27. The average molecular weight is 237 g/mol. The van der Waals surface area contributed by atoms with Crippen molar-refractivity contribution in [1.29, 1.82) is 0 Å². The van der Waals surface area contributed by atoms with Crippen molar-refractivity contribution in [2.24, 2.45) is 5.73 Å². The molecule has 0 aliphatic carbocycles. The number of ether oxygens (including phenoxy) is 1. The molecule has 0 aliphatic heterocycles. The highest BCUT2D eigenvalue weighted by molar-refractivity contribution is 5.18. The van der Waals surface area contributed by atoms with Crippen LogP contribution >= 0.6 is 0 Å². The third-order valence-corrected chi connectivity index (χ3v) is 2.89. The standard InChI is InChI=1S/C13H23N3O/c1-3-16(4-2)8-9-17-11-13-12(10-14)6-5-7-15-13/h5-7H,3-4,8-11,14H2,1-2H3. The molecule has 1 rings (SSSR count). The molecular weight excluding hydrogens is 214 g/mol. The van der Waals surface area contributed by atoms with E-state index in [2.05, 4.69) is 23.7 Å². The molecule has 0 spiro atoms. The van der Waals surface area contributed by atoms with E-state index >= 15 is 0 Å². The van der Waals surface area contributed by atoms with Crippen LogP contribution in [0.2, 0.25) is 0 Å². The number of nitrogens with two attached hydrogens (primary N) is 1. The van der Waals surface area contributed by atoms with Gasteiger partial charge >= 0.3 is 0 Å². The first kappa shape index (κ1) is 14.1. The smallest absolute Gasteiger partial charge is 0.0891 e. The summed E-state index contributed by atoms with van der Waals surface area (Å²) >= 11 is 0. The van der Waals surface area contributed by atoms with Gasteiger partial charge in [-0.1, -0.05) is 19.9 Å². The van der Waals surface area contributed by atoms with Gasteiger partial charge in [0.25, 0.3) is 0 Å². The molecule has 96 valence electrons. The van der Waals surface area contributed by atoms with Crippen molar-refractivity contribution in [2.75, 3.05) is 26.2 Å². The average Bonchev–Trinajstić information content (AvgIpc) is 2.39. The van der Waals surface area contributed by atoms with Crippen LogP contribution in [0.5, 0.6) is 0 Å².